The topological polar surface area (TPSA) is 78.9 Å². The summed E-state index contributed by atoms with van der Waals surface area (Å²) in [6, 6.07) is 13.7. The van der Waals surface area contributed by atoms with E-state index < -0.39 is 16.1 Å². The molecule has 136 valence electrons. The second-order valence-electron chi connectivity index (χ2n) is 5.73. The largest absolute Gasteiger partial charge is 0.492 e. The summed E-state index contributed by atoms with van der Waals surface area (Å²) in [5.74, 6) is 0.294. The van der Waals surface area contributed by atoms with E-state index in [0.29, 0.717) is 17.9 Å². The highest BCUT2D eigenvalue weighted by Crippen LogP contribution is 2.24. The summed E-state index contributed by atoms with van der Waals surface area (Å²) in [6.45, 7) is 2.04. The van der Waals surface area contributed by atoms with Gasteiger partial charge in [-0.15, -0.1) is 0 Å². The Balaban J connectivity index is 2.09. The molecule has 0 amide bonds. The van der Waals surface area contributed by atoms with E-state index in [1.807, 2.05) is 31.1 Å². The second kappa shape index (κ2) is 8.33. The van der Waals surface area contributed by atoms with E-state index in [2.05, 4.69) is 4.72 Å². The highest BCUT2D eigenvalue weighted by Gasteiger charge is 2.20. The fraction of sp³-hybridized carbons (Fsp3) is 0.333. The molecule has 0 spiro atoms. The van der Waals surface area contributed by atoms with Crippen LogP contribution in [0, 0.1) is 0 Å². The maximum atomic E-state index is 12.5. The highest BCUT2D eigenvalue weighted by molar-refractivity contribution is 7.89. The third-order valence-corrected chi connectivity index (χ3v) is 5.16. The Morgan fingerprint density at radius 2 is 1.76 bits per heavy atom. The number of nitrogens with zero attached hydrogens (tertiary/aromatic N) is 1. The van der Waals surface area contributed by atoms with Gasteiger partial charge in [-0.25, -0.2) is 13.1 Å². The molecule has 0 bridgehead atoms. The van der Waals surface area contributed by atoms with Gasteiger partial charge in [-0.3, -0.25) is 0 Å². The minimum atomic E-state index is -3.78. The number of benzene rings is 2. The molecule has 0 aliphatic heterocycles. The zero-order valence-corrected chi connectivity index (χ0v) is 15.5. The van der Waals surface area contributed by atoms with Crippen molar-refractivity contribution in [3.63, 3.8) is 0 Å². The van der Waals surface area contributed by atoms with Crippen molar-refractivity contribution in [2.24, 2.45) is 0 Å². The lowest BCUT2D eigenvalue weighted by Crippen LogP contribution is -2.29. The third-order valence-electron chi connectivity index (χ3n) is 3.70. The number of hydrogen-bond donors (Lipinski definition) is 2. The lowest BCUT2D eigenvalue weighted by Gasteiger charge is -2.16. The monoisotopic (exact) mass is 364 g/mol. The molecule has 0 saturated heterocycles. The standard InChI is InChI=1S/C18H24N2O4S/c1-4-24-17-7-5-6-8-18(17)25(22,23)19-13-16(21)14-9-11-15(12-10-14)20(2)3/h5-12,16,19,21H,4,13H2,1-3H3. The molecular weight excluding hydrogens is 340 g/mol. The zero-order chi connectivity index (χ0) is 18.4. The van der Waals surface area contributed by atoms with Crippen LogP contribution in [0.1, 0.15) is 18.6 Å². The summed E-state index contributed by atoms with van der Waals surface area (Å²) in [6.07, 6.45) is -0.940. The number of hydrogen-bond acceptors (Lipinski definition) is 5. The normalized spacial score (nSPS) is 12.6. The summed E-state index contributed by atoms with van der Waals surface area (Å²) < 4.78 is 32.8. The smallest absolute Gasteiger partial charge is 0.244 e. The van der Waals surface area contributed by atoms with Crippen LogP contribution in [0.4, 0.5) is 5.69 Å². The van der Waals surface area contributed by atoms with E-state index in [-0.39, 0.29) is 11.4 Å². The third kappa shape index (κ3) is 4.94. The lowest BCUT2D eigenvalue weighted by molar-refractivity contribution is 0.182. The average Bonchev–Trinajstić information content (AvgIpc) is 2.60. The van der Waals surface area contributed by atoms with Gasteiger partial charge < -0.3 is 14.7 Å². The van der Waals surface area contributed by atoms with Crippen LogP contribution in [0.15, 0.2) is 53.4 Å². The predicted molar refractivity (Wildman–Crippen MR) is 98.5 cm³/mol. The number of sulfonamides is 1. The number of anilines is 1. The van der Waals surface area contributed by atoms with Crippen molar-refractivity contribution < 1.29 is 18.3 Å². The van der Waals surface area contributed by atoms with Gasteiger partial charge in [-0.1, -0.05) is 24.3 Å². The van der Waals surface area contributed by atoms with E-state index in [1.54, 1.807) is 37.3 Å². The molecular formula is C18H24N2O4S. The molecule has 1 atom stereocenters. The first-order valence-corrected chi connectivity index (χ1v) is 9.50. The molecule has 0 aliphatic carbocycles. The van der Waals surface area contributed by atoms with E-state index in [4.69, 9.17) is 4.74 Å². The van der Waals surface area contributed by atoms with Gasteiger partial charge in [0, 0.05) is 26.3 Å². The highest BCUT2D eigenvalue weighted by atomic mass is 32.2. The summed E-state index contributed by atoms with van der Waals surface area (Å²) in [5, 5.41) is 10.3. The van der Waals surface area contributed by atoms with Gasteiger partial charge >= 0.3 is 0 Å². The number of para-hydroxylation sites is 1. The van der Waals surface area contributed by atoms with Crippen molar-refractivity contribution in [2.75, 3.05) is 32.1 Å². The first kappa shape index (κ1) is 19.2. The van der Waals surface area contributed by atoms with Crippen molar-refractivity contribution in [1.29, 1.82) is 0 Å². The summed E-state index contributed by atoms with van der Waals surface area (Å²) in [5.41, 5.74) is 1.65. The van der Waals surface area contributed by atoms with Gasteiger partial charge in [-0.05, 0) is 36.8 Å². The number of rotatable bonds is 8. The molecule has 25 heavy (non-hydrogen) atoms. The molecule has 2 aromatic carbocycles. The Morgan fingerprint density at radius 3 is 2.36 bits per heavy atom. The Bertz CT molecular complexity index is 789. The number of ether oxygens (including phenoxy) is 1. The summed E-state index contributed by atoms with van der Waals surface area (Å²) in [4.78, 5) is 2.01. The average molecular weight is 364 g/mol. The van der Waals surface area contributed by atoms with Gasteiger partial charge in [0.1, 0.15) is 10.6 Å². The van der Waals surface area contributed by atoms with Crippen LogP contribution >= 0.6 is 0 Å². The van der Waals surface area contributed by atoms with Crippen LogP contribution in [0.5, 0.6) is 5.75 Å². The SMILES string of the molecule is CCOc1ccccc1S(=O)(=O)NCC(O)c1ccc(N(C)C)cc1. The summed E-state index contributed by atoms with van der Waals surface area (Å²) >= 11 is 0. The fourth-order valence-corrected chi connectivity index (χ4v) is 3.51. The Hall–Kier alpha value is -2.09. The van der Waals surface area contributed by atoms with Crippen molar-refractivity contribution in [3.05, 3.63) is 54.1 Å². The van der Waals surface area contributed by atoms with Gasteiger partial charge in [0.2, 0.25) is 10.0 Å². The van der Waals surface area contributed by atoms with Crippen LogP contribution in [0.3, 0.4) is 0 Å². The maximum Gasteiger partial charge on any atom is 0.244 e. The molecule has 2 N–H and O–H groups in total. The lowest BCUT2D eigenvalue weighted by atomic mass is 10.1. The molecule has 7 heteroatoms. The van der Waals surface area contributed by atoms with Crippen LogP contribution < -0.4 is 14.4 Å². The number of aliphatic hydroxyl groups is 1. The van der Waals surface area contributed by atoms with Crippen molar-refractivity contribution in [2.45, 2.75) is 17.9 Å². The molecule has 2 rings (SSSR count). The molecule has 6 nitrogen and oxygen atoms in total. The minimum Gasteiger partial charge on any atom is -0.492 e. The Kier molecular flexibility index (Phi) is 6.41. The molecule has 0 radical (unpaired) electrons. The maximum absolute atomic E-state index is 12.5. The molecule has 0 fully saturated rings. The van der Waals surface area contributed by atoms with Crippen LogP contribution in [-0.2, 0) is 10.0 Å². The van der Waals surface area contributed by atoms with E-state index in [0.717, 1.165) is 5.69 Å². The fourth-order valence-electron chi connectivity index (χ4n) is 2.33. The van der Waals surface area contributed by atoms with Crippen molar-refractivity contribution in [1.82, 2.24) is 4.72 Å². The first-order chi connectivity index (χ1) is 11.8. The number of nitrogens with one attached hydrogen (secondary N) is 1. The van der Waals surface area contributed by atoms with Crippen molar-refractivity contribution in [3.8, 4) is 5.75 Å². The van der Waals surface area contributed by atoms with E-state index in [9.17, 15) is 13.5 Å². The van der Waals surface area contributed by atoms with Crippen molar-refractivity contribution >= 4 is 15.7 Å². The van der Waals surface area contributed by atoms with Gasteiger partial charge in [0.05, 0.1) is 12.7 Å². The van der Waals surface area contributed by atoms with Crippen LogP contribution in [0.25, 0.3) is 0 Å². The second-order valence-corrected chi connectivity index (χ2v) is 7.47. The molecule has 1 unspecified atom stereocenters. The molecule has 0 aliphatic rings. The molecule has 0 aromatic heterocycles. The Labute approximate surface area is 149 Å². The molecule has 0 heterocycles. The molecule has 0 saturated carbocycles. The first-order valence-electron chi connectivity index (χ1n) is 8.02. The Morgan fingerprint density at radius 1 is 1.12 bits per heavy atom. The van der Waals surface area contributed by atoms with E-state index in [1.165, 1.54) is 6.07 Å². The zero-order valence-electron chi connectivity index (χ0n) is 14.6. The van der Waals surface area contributed by atoms with Gasteiger partial charge in [0.15, 0.2) is 0 Å². The quantitative estimate of drug-likeness (QED) is 0.750. The summed E-state index contributed by atoms with van der Waals surface area (Å²) in [7, 11) is 0.0709. The predicted octanol–water partition coefficient (Wildman–Crippen LogP) is 2.16. The van der Waals surface area contributed by atoms with E-state index >= 15 is 0 Å². The van der Waals surface area contributed by atoms with Gasteiger partial charge in [0.25, 0.3) is 0 Å². The van der Waals surface area contributed by atoms with Crippen LogP contribution in [0.2, 0.25) is 0 Å². The molecule has 2 aromatic rings. The van der Waals surface area contributed by atoms with Crippen LogP contribution in [-0.4, -0.2) is 40.8 Å². The number of aliphatic hydroxyl groups excluding tert-OH is 1. The van der Waals surface area contributed by atoms with Gasteiger partial charge in [-0.2, -0.15) is 0 Å². The minimum absolute atomic E-state index is 0.0620.